The SMILES string of the molecule is CC(CN(C)C(=O)Nc1cccc2c1CN(c1ccccn1)C2)C(=O)O. The fourth-order valence-corrected chi connectivity index (χ4v) is 3.02. The molecule has 0 spiro atoms. The third-order valence-electron chi connectivity index (χ3n) is 4.51. The number of carbonyl (C=O) groups is 2. The zero-order valence-corrected chi connectivity index (χ0v) is 14.8. The van der Waals surface area contributed by atoms with Gasteiger partial charge in [0.25, 0.3) is 0 Å². The van der Waals surface area contributed by atoms with Crippen LogP contribution in [-0.4, -0.2) is 40.6 Å². The molecule has 136 valence electrons. The second kappa shape index (κ2) is 7.43. The standard InChI is InChI=1S/C19H22N4O3/c1-13(18(24)25)10-22(2)19(26)21-16-7-5-6-14-11-23(12-15(14)16)17-8-3-4-9-20-17/h3-9,13H,10-12H2,1-2H3,(H,21,26)(H,24,25). The second-order valence-corrected chi connectivity index (χ2v) is 6.54. The van der Waals surface area contributed by atoms with Crippen LogP contribution in [0.15, 0.2) is 42.6 Å². The van der Waals surface area contributed by atoms with E-state index in [-0.39, 0.29) is 12.6 Å². The summed E-state index contributed by atoms with van der Waals surface area (Å²) >= 11 is 0. The molecule has 0 bridgehead atoms. The monoisotopic (exact) mass is 354 g/mol. The van der Waals surface area contributed by atoms with Crippen molar-refractivity contribution in [2.24, 2.45) is 5.92 Å². The number of hydrogen-bond acceptors (Lipinski definition) is 4. The van der Waals surface area contributed by atoms with Gasteiger partial charge in [0, 0.05) is 44.1 Å². The lowest BCUT2D eigenvalue weighted by molar-refractivity contribution is -0.141. The number of carbonyl (C=O) groups excluding carboxylic acids is 1. The van der Waals surface area contributed by atoms with E-state index in [4.69, 9.17) is 5.11 Å². The van der Waals surface area contributed by atoms with Crippen molar-refractivity contribution < 1.29 is 14.7 Å². The van der Waals surface area contributed by atoms with E-state index in [1.165, 1.54) is 4.90 Å². The largest absolute Gasteiger partial charge is 0.481 e. The summed E-state index contributed by atoms with van der Waals surface area (Å²) < 4.78 is 0. The van der Waals surface area contributed by atoms with Crippen molar-refractivity contribution in [1.29, 1.82) is 0 Å². The number of carboxylic acids is 1. The quantitative estimate of drug-likeness (QED) is 0.862. The maximum Gasteiger partial charge on any atom is 0.321 e. The molecule has 0 fully saturated rings. The lowest BCUT2D eigenvalue weighted by Gasteiger charge is -2.21. The number of amides is 2. The molecule has 0 saturated carbocycles. The van der Waals surface area contributed by atoms with Gasteiger partial charge in [0.2, 0.25) is 0 Å². The molecule has 0 saturated heterocycles. The molecule has 2 N–H and O–H groups in total. The van der Waals surface area contributed by atoms with Gasteiger partial charge in [-0.15, -0.1) is 0 Å². The van der Waals surface area contributed by atoms with Crippen molar-refractivity contribution in [2.45, 2.75) is 20.0 Å². The number of aliphatic carboxylic acids is 1. The Kier molecular flexibility index (Phi) is 5.06. The Balaban J connectivity index is 1.71. The maximum atomic E-state index is 12.4. The number of fused-ring (bicyclic) bond motifs is 1. The van der Waals surface area contributed by atoms with E-state index in [2.05, 4.69) is 15.2 Å². The minimum absolute atomic E-state index is 0.149. The highest BCUT2D eigenvalue weighted by Crippen LogP contribution is 2.31. The van der Waals surface area contributed by atoms with Crippen LogP contribution in [0.4, 0.5) is 16.3 Å². The molecule has 7 nitrogen and oxygen atoms in total. The molecule has 2 aromatic rings. The average molecular weight is 354 g/mol. The Morgan fingerprint density at radius 3 is 2.77 bits per heavy atom. The normalized spacial score (nSPS) is 13.8. The van der Waals surface area contributed by atoms with Gasteiger partial charge in [0.05, 0.1) is 5.92 Å². The number of carboxylic acid groups (broad SMARTS) is 1. The van der Waals surface area contributed by atoms with Gasteiger partial charge >= 0.3 is 12.0 Å². The molecule has 1 aliphatic heterocycles. The first-order valence-electron chi connectivity index (χ1n) is 8.47. The summed E-state index contributed by atoms with van der Waals surface area (Å²) in [6, 6.07) is 11.3. The van der Waals surface area contributed by atoms with Crippen LogP contribution in [0.1, 0.15) is 18.1 Å². The maximum absolute atomic E-state index is 12.4. The number of urea groups is 1. The Labute approximate surface area is 152 Å². The van der Waals surface area contributed by atoms with E-state index in [0.29, 0.717) is 6.54 Å². The minimum Gasteiger partial charge on any atom is -0.481 e. The highest BCUT2D eigenvalue weighted by molar-refractivity contribution is 5.90. The van der Waals surface area contributed by atoms with Crippen molar-refractivity contribution in [3.8, 4) is 0 Å². The van der Waals surface area contributed by atoms with Crippen molar-refractivity contribution >= 4 is 23.5 Å². The fourth-order valence-electron chi connectivity index (χ4n) is 3.02. The van der Waals surface area contributed by atoms with Gasteiger partial charge in [-0.2, -0.15) is 0 Å². The van der Waals surface area contributed by atoms with Crippen LogP contribution in [0.3, 0.4) is 0 Å². The van der Waals surface area contributed by atoms with Crippen molar-refractivity contribution in [1.82, 2.24) is 9.88 Å². The van der Waals surface area contributed by atoms with Gasteiger partial charge < -0.3 is 20.2 Å². The van der Waals surface area contributed by atoms with Crippen molar-refractivity contribution in [3.63, 3.8) is 0 Å². The van der Waals surface area contributed by atoms with E-state index < -0.39 is 11.9 Å². The highest BCUT2D eigenvalue weighted by atomic mass is 16.4. The Morgan fingerprint density at radius 2 is 2.08 bits per heavy atom. The second-order valence-electron chi connectivity index (χ2n) is 6.54. The molecule has 7 heteroatoms. The predicted molar refractivity (Wildman–Crippen MR) is 99.0 cm³/mol. The molecule has 26 heavy (non-hydrogen) atoms. The molecule has 0 aliphatic carbocycles. The number of hydrogen-bond donors (Lipinski definition) is 2. The molecule has 3 rings (SSSR count). The summed E-state index contributed by atoms with van der Waals surface area (Å²) in [6.07, 6.45) is 1.76. The summed E-state index contributed by atoms with van der Waals surface area (Å²) in [5.74, 6) is -0.642. The number of benzene rings is 1. The predicted octanol–water partition coefficient (Wildman–Crippen LogP) is 2.79. The van der Waals surface area contributed by atoms with Crippen LogP contribution in [0, 0.1) is 5.92 Å². The van der Waals surface area contributed by atoms with Gasteiger partial charge in [-0.25, -0.2) is 9.78 Å². The van der Waals surface area contributed by atoms with Gasteiger partial charge in [0.15, 0.2) is 0 Å². The van der Waals surface area contributed by atoms with Crippen molar-refractivity contribution in [2.75, 3.05) is 23.8 Å². The number of nitrogens with one attached hydrogen (secondary N) is 1. The lowest BCUT2D eigenvalue weighted by atomic mass is 10.1. The van der Waals surface area contributed by atoms with Crippen LogP contribution >= 0.6 is 0 Å². The van der Waals surface area contributed by atoms with Crippen LogP contribution in [0.2, 0.25) is 0 Å². The van der Waals surface area contributed by atoms with E-state index in [9.17, 15) is 9.59 Å². The topological polar surface area (TPSA) is 85.8 Å². The first kappa shape index (κ1) is 17.7. The molecule has 2 amide bonds. The summed E-state index contributed by atoms with van der Waals surface area (Å²) in [5.41, 5.74) is 2.96. The molecular formula is C19H22N4O3. The molecule has 1 atom stereocenters. The van der Waals surface area contributed by atoms with E-state index in [1.54, 1.807) is 20.2 Å². The molecule has 2 heterocycles. The van der Waals surface area contributed by atoms with Crippen LogP contribution in [0.25, 0.3) is 0 Å². The van der Waals surface area contributed by atoms with Crippen LogP contribution < -0.4 is 10.2 Å². The number of anilines is 2. The molecule has 1 aliphatic rings. The summed E-state index contributed by atoms with van der Waals surface area (Å²) in [6.45, 7) is 3.13. The molecule has 1 unspecified atom stereocenters. The number of pyridine rings is 1. The number of rotatable bonds is 5. The average Bonchev–Trinajstić information content (AvgIpc) is 3.07. The smallest absolute Gasteiger partial charge is 0.321 e. The van der Waals surface area contributed by atoms with Crippen molar-refractivity contribution in [3.05, 3.63) is 53.7 Å². The molecule has 1 aromatic carbocycles. The van der Waals surface area contributed by atoms with E-state index in [1.807, 2.05) is 36.4 Å². The first-order valence-corrected chi connectivity index (χ1v) is 8.47. The highest BCUT2D eigenvalue weighted by Gasteiger charge is 2.24. The first-order chi connectivity index (χ1) is 12.5. The third-order valence-corrected chi connectivity index (χ3v) is 4.51. The fraction of sp³-hybridized carbons (Fsp3) is 0.316. The summed E-state index contributed by atoms with van der Waals surface area (Å²) in [5, 5.41) is 11.9. The Morgan fingerprint density at radius 1 is 1.27 bits per heavy atom. The number of nitrogens with zero attached hydrogens (tertiary/aromatic N) is 3. The minimum atomic E-state index is -0.920. The Hall–Kier alpha value is -3.09. The van der Waals surface area contributed by atoms with Gasteiger partial charge in [-0.3, -0.25) is 4.79 Å². The van der Waals surface area contributed by atoms with E-state index in [0.717, 1.165) is 29.2 Å². The van der Waals surface area contributed by atoms with Crippen LogP contribution in [-0.2, 0) is 17.9 Å². The van der Waals surface area contributed by atoms with Gasteiger partial charge in [-0.05, 0) is 23.8 Å². The van der Waals surface area contributed by atoms with E-state index >= 15 is 0 Å². The molecule has 0 radical (unpaired) electrons. The molecular weight excluding hydrogens is 332 g/mol. The van der Waals surface area contributed by atoms with Crippen LogP contribution in [0.5, 0.6) is 0 Å². The zero-order chi connectivity index (χ0) is 18.7. The third kappa shape index (κ3) is 3.77. The molecule has 1 aromatic heterocycles. The summed E-state index contributed by atoms with van der Waals surface area (Å²) in [4.78, 5) is 31.3. The number of aromatic nitrogens is 1. The lowest BCUT2D eigenvalue weighted by Crippen LogP contribution is -2.36. The van der Waals surface area contributed by atoms with Gasteiger partial charge in [0.1, 0.15) is 5.82 Å². The zero-order valence-electron chi connectivity index (χ0n) is 14.8. The summed E-state index contributed by atoms with van der Waals surface area (Å²) in [7, 11) is 1.60. The Bertz CT molecular complexity index is 810. The van der Waals surface area contributed by atoms with Gasteiger partial charge in [-0.1, -0.05) is 25.1 Å².